The fraction of sp³-hybridized carbons (Fsp3) is 0.714. The number of hydrogen-bond acceptors (Lipinski definition) is 10. The van der Waals surface area contributed by atoms with Gasteiger partial charge in [-0.3, -0.25) is 9.59 Å². The molecule has 14 nitrogen and oxygen atoms in total. The highest BCUT2D eigenvalue weighted by Gasteiger charge is 2.47. The zero-order chi connectivity index (χ0) is 46.5. The topological polar surface area (TPSA) is 170 Å². The first kappa shape index (κ1) is 48.1. The molecule has 0 aromatic heterocycles. The molecule has 6 heterocycles. The van der Waals surface area contributed by atoms with Crippen molar-refractivity contribution in [1.82, 2.24) is 19.2 Å². The Kier molecular flexibility index (Phi) is 14.4. The molecular weight excluding hydrogens is 904 g/mol. The summed E-state index contributed by atoms with van der Waals surface area (Å²) in [5.74, 6) is 1.19. The van der Waals surface area contributed by atoms with Crippen LogP contribution in [-0.4, -0.2) is 125 Å². The maximum Gasteiger partial charge on any atom is 0.260 e. The van der Waals surface area contributed by atoms with Crippen molar-refractivity contribution in [3.63, 3.8) is 0 Å². The molecule has 3 saturated carbocycles. The van der Waals surface area contributed by atoms with Gasteiger partial charge in [-0.25, -0.2) is 26.3 Å². The van der Waals surface area contributed by atoms with E-state index < -0.39 is 54.7 Å². The third-order valence-corrected chi connectivity index (χ3v) is 20.3. The van der Waals surface area contributed by atoms with Crippen LogP contribution >= 0.6 is 11.6 Å². The van der Waals surface area contributed by atoms with E-state index in [1.807, 2.05) is 25.1 Å². The van der Waals surface area contributed by atoms with Gasteiger partial charge < -0.3 is 28.7 Å². The predicted octanol–water partition coefficient (Wildman–Crippen LogP) is 6.42. The van der Waals surface area contributed by atoms with Crippen LogP contribution in [-0.2, 0) is 45.5 Å². The number of piperidine rings is 2. The van der Waals surface area contributed by atoms with Gasteiger partial charge in [-0.05, 0) is 170 Å². The minimum absolute atomic E-state index is 0.0143. The van der Waals surface area contributed by atoms with Crippen molar-refractivity contribution >= 4 is 43.5 Å². The van der Waals surface area contributed by atoms with Crippen molar-refractivity contribution in [3.05, 3.63) is 57.1 Å². The fourth-order valence-corrected chi connectivity index (χ4v) is 14.7. The van der Waals surface area contributed by atoms with E-state index in [0.29, 0.717) is 68.1 Å². The first-order valence-corrected chi connectivity index (χ1v) is 28.1. The third-order valence-electron chi connectivity index (χ3n) is 16.0. The second-order valence-electron chi connectivity index (χ2n) is 20.4. The Hall–Kier alpha value is -2.99. The molecule has 3 aliphatic carbocycles. The highest BCUT2D eigenvalue weighted by molar-refractivity contribution is 7.90. The average Bonchev–Trinajstić information content (AvgIpc) is 4.16. The molecule has 0 radical (unpaired) electrons. The summed E-state index contributed by atoms with van der Waals surface area (Å²) in [6, 6.07) is 5.70. The number of carbonyl (C=O) groups is 2. The smallest absolute Gasteiger partial charge is 0.260 e. The SMILES string of the molecule is Cc1c(Cl)ccc2c1C1CCC(CC1)OC[C@H]1[C@@H](NS(=O)(=O)C3CC3)C(Cc3ccc4c(c3C)C3CCC(CC3)OC[C@H]3[C@@H](NS(=O)(=O)C(C)C)CCCN3C(=O)CO4)CCN1C(=O)CO2. The van der Waals surface area contributed by atoms with Gasteiger partial charge in [-0.2, -0.15) is 0 Å². The van der Waals surface area contributed by atoms with E-state index in [4.69, 9.17) is 30.5 Å². The third kappa shape index (κ3) is 10.2. The van der Waals surface area contributed by atoms with Crippen LogP contribution in [0.25, 0.3) is 0 Å². The van der Waals surface area contributed by atoms with Crippen LogP contribution in [0.1, 0.15) is 137 Å². The number of rotatable bonds is 8. The van der Waals surface area contributed by atoms with Crippen molar-refractivity contribution < 1.29 is 45.4 Å². The Morgan fingerprint density at radius 2 is 1.24 bits per heavy atom. The number of halogens is 1. The zero-order valence-electron chi connectivity index (χ0n) is 39.0. The maximum absolute atomic E-state index is 14.3. The van der Waals surface area contributed by atoms with Crippen molar-refractivity contribution in [2.75, 3.05) is 39.5 Å². The maximum atomic E-state index is 14.3. The van der Waals surface area contributed by atoms with E-state index >= 15 is 0 Å². The molecule has 2 aromatic carbocycles. The Morgan fingerprint density at radius 3 is 1.83 bits per heavy atom. The highest BCUT2D eigenvalue weighted by atomic mass is 35.5. The van der Waals surface area contributed by atoms with Crippen molar-refractivity contribution in [1.29, 1.82) is 0 Å². The van der Waals surface area contributed by atoms with Gasteiger partial charge in [0, 0.05) is 41.3 Å². The van der Waals surface area contributed by atoms with Crippen LogP contribution in [0.3, 0.4) is 0 Å². The minimum Gasteiger partial charge on any atom is -0.483 e. The van der Waals surface area contributed by atoms with Crippen molar-refractivity contribution in [2.45, 2.75) is 176 Å². The molecule has 9 aliphatic rings. The second kappa shape index (κ2) is 19.8. The molecule has 2 saturated heterocycles. The lowest BCUT2D eigenvalue weighted by Gasteiger charge is -2.46. The van der Waals surface area contributed by atoms with E-state index in [-0.39, 0.29) is 68.2 Å². The van der Waals surface area contributed by atoms with E-state index in [2.05, 4.69) is 22.4 Å². The highest BCUT2D eigenvalue weighted by Crippen LogP contribution is 2.45. The lowest BCUT2D eigenvalue weighted by Crippen LogP contribution is -2.63. The van der Waals surface area contributed by atoms with E-state index in [9.17, 15) is 26.4 Å². The molecule has 17 heteroatoms. The summed E-state index contributed by atoms with van der Waals surface area (Å²) in [4.78, 5) is 32.0. The van der Waals surface area contributed by atoms with Crippen LogP contribution < -0.4 is 18.9 Å². The second-order valence-corrected chi connectivity index (χ2v) is 25.1. The van der Waals surface area contributed by atoms with Gasteiger partial charge in [-0.15, -0.1) is 0 Å². The zero-order valence-corrected chi connectivity index (χ0v) is 41.4. The summed E-state index contributed by atoms with van der Waals surface area (Å²) in [6.45, 7) is 8.46. The van der Waals surface area contributed by atoms with Gasteiger partial charge in [-0.1, -0.05) is 17.7 Å². The summed E-state index contributed by atoms with van der Waals surface area (Å²) < 4.78 is 86.2. The molecule has 0 spiro atoms. The van der Waals surface area contributed by atoms with E-state index in [1.54, 1.807) is 23.6 Å². The first-order valence-electron chi connectivity index (χ1n) is 24.6. The molecule has 6 aliphatic heterocycles. The summed E-state index contributed by atoms with van der Waals surface area (Å²) in [7, 11) is -7.25. The van der Waals surface area contributed by atoms with Gasteiger partial charge >= 0.3 is 0 Å². The lowest BCUT2D eigenvalue weighted by molar-refractivity contribution is -0.142. The standard InChI is InChI=1S/C49H69ClN4O10S2/c1-29(2)65(57,58)51-40-6-5-22-53-41(40)25-61-36-12-7-32(8-13-36)47-30(3)34(11-19-43(47)63-27-45(53)55)24-35-21-23-54-42(49(35)52-66(59,60)38-16-17-38)26-62-37-14-9-33(10-15-37)48-31(4)39(50)18-20-44(48)64-28-46(54)56/h11,18-20,29,32-33,35-38,40-42,49,51-52H,5-10,12-17,21-28H2,1-4H3/t32?,33?,35?,36?,37?,40-,41-,42-,49-/m0/s1. The number of fused-ring (bicyclic) bond motifs is 10. The number of nitrogens with one attached hydrogen (secondary N) is 2. The number of benzene rings is 2. The molecule has 66 heavy (non-hydrogen) atoms. The van der Waals surface area contributed by atoms with Gasteiger partial charge in [0.2, 0.25) is 20.0 Å². The van der Waals surface area contributed by atoms with Crippen LogP contribution in [0, 0.1) is 19.8 Å². The molecule has 2 aromatic rings. The van der Waals surface area contributed by atoms with Crippen molar-refractivity contribution in [3.8, 4) is 11.5 Å². The molecule has 1 unspecified atom stereocenters. The molecule has 2 N–H and O–H groups in total. The lowest BCUT2D eigenvalue weighted by atomic mass is 9.77. The van der Waals surface area contributed by atoms with Crippen LogP contribution in [0.2, 0.25) is 5.02 Å². The Balaban J connectivity index is 0.995. The molecular formula is C49H69ClN4O10S2. The largest absolute Gasteiger partial charge is 0.483 e. The van der Waals surface area contributed by atoms with Gasteiger partial charge in [0.05, 0.1) is 48.0 Å². The summed E-state index contributed by atoms with van der Waals surface area (Å²) in [5.41, 5.74) is 5.28. The number of ether oxygens (including phenoxy) is 4. The number of nitrogens with zero attached hydrogens (tertiary/aromatic N) is 2. The Labute approximate surface area is 396 Å². The normalized spacial score (nSPS) is 31.3. The molecule has 364 valence electrons. The van der Waals surface area contributed by atoms with Crippen LogP contribution in [0.4, 0.5) is 0 Å². The summed E-state index contributed by atoms with van der Waals surface area (Å²) in [5, 5.41) is -0.364. The van der Waals surface area contributed by atoms with Crippen LogP contribution in [0.5, 0.6) is 11.5 Å². The quantitative estimate of drug-likeness (QED) is 0.301. The van der Waals surface area contributed by atoms with Gasteiger partial charge in [0.15, 0.2) is 13.2 Å². The number of sulfonamides is 2. The predicted molar refractivity (Wildman–Crippen MR) is 252 cm³/mol. The summed E-state index contributed by atoms with van der Waals surface area (Å²) >= 11 is 6.62. The molecule has 5 fully saturated rings. The van der Waals surface area contributed by atoms with Crippen LogP contribution in [0.15, 0.2) is 24.3 Å². The van der Waals surface area contributed by atoms with Gasteiger partial charge in [0.1, 0.15) is 11.5 Å². The first-order chi connectivity index (χ1) is 31.6. The molecule has 5 atom stereocenters. The average molecular weight is 974 g/mol. The molecule has 2 amide bonds. The molecule has 4 bridgehead atoms. The summed E-state index contributed by atoms with van der Waals surface area (Å²) in [6.07, 6.45) is 10.5. The Bertz CT molecular complexity index is 2350. The fourth-order valence-electron chi connectivity index (χ4n) is 11.9. The minimum atomic E-state index is -3.67. The number of carbonyl (C=O) groups excluding carboxylic acids is 2. The van der Waals surface area contributed by atoms with Gasteiger partial charge in [0.25, 0.3) is 11.8 Å². The number of amides is 2. The van der Waals surface area contributed by atoms with E-state index in [1.165, 1.54) is 0 Å². The number of hydrogen-bond donors (Lipinski definition) is 2. The van der Waals surface area contributed by atoms with E-state index in [0.717, 1.165) is 79.2 Å². The Morgan fingerprint density at radius 1 is 0.682 bits per heavy atom. The molecule has 11 rings (SSSR count). The monoisotopic (exact) mass is 972 g/mol. The van der Waals surface area contributed by atoms with Crippen molar-refractivity contribution in [2.24, 2.45) is 5.92 Å².